The molecular formula is C15H26N2O4. The standard InChI is InChI=1S/C15H26N2O4/c1-5-20-13(18)12-11-6-10(7-16-8-11)9-17(12)14(19)21-15(2,3)4/h10-12,16H,5-9H2,1-4H3. The molecule has 6 nitrogen and oxygen atoms in total. The van der Waals surface area contributed by atoms with Gasteiger partial charge in [0.15, 0.2) is 0 Å². The molecule has 0 radical (unpaired) electrons. The molecular weight excluding hydrogens is 272 g/mol. The Labute approximate surface area is 126 Å². The number of fused-ring (bicyclic) bond motifs is 2. The quantitative estimate of drug-likeness (QED) is 0.780. The Balaban J connectivity index is 2.17. The van der Waals surface area contributed by atoms with Gasteiger partial charge in [-0.1, -0.05) is 0 Å². The summed E-state index contributed by atoms with van der Waals surface area (Å²) >= 11 is 0. The minimum atomic E-state index is -0.568. The SMILES string of the molecule is CCOC(=O)C1C2CNCC(C2)CN1C(=O)OC(C)(C)C. The Bertz CT molecular complexity index is 405. The predicted octanol–water partition coefficient (Wildman–Crippen LogP) is 1.39. The highest BCUT2D eigenvalue weighted by atomic mass is 16.6. The van der Waals surface area contributed by atoms with E-state index in [-0.39, 0.29) is 11.9 Å². The van der Waals surface area contributed by atoms with Gasteiger partial charge in [0.1, 0.15) is 11.6 Å². The van der Waals surface area contributed by atoms with E-state index in [9.17, 15) is 9.59 Å². The van der Waals surface area contributed by atoms with Crippen LogP contribution in [-0.4, -0.2) is 54.8 Å². The number of esters is 1. The molecule has 0 aromatic heterocycles. The summed E-state index contributed by atoms with van der Waals surface area (Å²) < 4.78 is 10.6. The lowest BCUT2D eigenvalue weighted by molar-refractivity contribution is -0.154. The Morgan fingerprint density at radius 1 is 1.29 bits per heavy atom. The van der Waals surface area contributed by atoms with Crippen LogP contribution in [0.2, 0.25) is 0 Å². The van der Waals surface area contributed by atoms with Crippen LogP contribution < -0.4 is 5.32 Å². The molecule has 0 spiro atoms. The summed E-state index contributed by atoms with van der Waals surface area (Å²) in [5.41, 5.74) is -0.568. The number of hydrogen-bond donors (Lipinski definition) is 1. The topological polar surface area (TPSA) is 67.9 Å². The summed E-state index contributed by atoms with van der Waals surface area (Å²) in [6, 6.07) is -0.538. The number of amides is 1. The maximum atomic E-state index is 12.4. The molecule has 0 aromatic rings. The van der Waals surface area contributed by atoms with Crippen molar-refractivity contribution in [3.8, 4) is 0 Å². The molecule has 2 aliphatic heterocycles. The van der Waals surface area contributed by atoms with E-state index >= 15 is 0 Å². The van der Waals surface area contributed by atoms with Gasteiger partial charge in [-0.25, -0.2) is 9.59 Å². The maximum Gasteiger partial charge on any atom is 0.411 e. The van der Waals surface area contributed by atoms with Gasteiger partial charge < -0.3 is 14.8 Å². The Hall–Kier alpha value is -1.30. The van der Waals surface area contributed by atoms with Crippen molar-refractivity contribution < 1.29 is 19.1 Å². The van der Waals surface area contributed by atoms with Crippen LogP contribution >= 0.6 is 0 Å². The number of hydrogen-bond acceptors (Lipinski definition) is 5. The average molecular weight is 298 g/mol. The third kappa shape index (κ3) is 3.87. The van der Waals surface area contributed by atoms with Crippen LogP contribution in [0.1, 0.15) is 34.1 Å². The molecule has 1 amide bonds. The Morgan fingerprint density at radius 2 is 2.00 bits per heavy atom. The number of carbonyl (C=O) groups excluding carboxylic acids is 2. The predicted molar refractivity (Wildman–Crippen MR) is 77.8 cm³/mol. The van der Waals surface area contributed by atoms with Gasteiger partial charge in [0.05, 0.1) is 6.61 Å². The first-order valence-electron chi connectivity index (χ1n) is 7.68. The zero-order valence-electron chi connectivity index (χ0n) is 13.3. The van der Waals surface area contributed by atoms with Gasteiger partial charge in [-0.3, -0.25) is 4.90 Å². The van der Waals surface area contributed by atoms with E-state index in [2.05, 4.69) is 5.32 Å². The number of piperidine rings is 2. The number of rotatable bonds is 2. The van der Waals surface area contributed by atoms with Crippen molar-refractivity contribution in [1.82, 2.24) is 10.2 Å². The van der Waals surface area contributed by atoms with Crippen LogP contribution in [-0.2, 0) is 14.3 Å². The van der Waals surface area contributed by atoms with Crippen molar-refractivity contribution in [1.29, 1.82) is 0 Å². The zero-order valence-corrected chi connectivity index (χ0v) is 13.3. The van der Waals surface area contributed by atoms with Crippen LogP contribution in [0.5, 0.6) is 0 Å². The minimum Gasteiger partial charge on any atom is -0.464 e. The second-order valence-electron chi connectivity index (χ2n) is 6.85. The van der Waals surface area contributed by atoms with Gasteiger partial charge in [-0.15, -0.1) is 0 Å². The van der Waals surface area contributed by atoms with Gasteiger partial charge >= 0.3 is 12.1 Å². The Kier molecular flexibility index (Phi) is 4.76. The number of nitrogens with one attached hydrogen (secondary N) is 1. The van der Waals surface area contributed by atoms with Crippen molar-refractivity contribution in [3.05, 3.63) is 0 Å². The molecule has 1 N–H and O–H groups in total. The van der Waals surface area contributed by atoms with Gasteiger partial charge in [0, 0.05) is 19.0 Å². The molecule has 3 atom stereocenters. The minimum absolute atomic E-state index is 0.101. The summed E-state index contributed by atoms with van der Waals surface area (Å²) in [6.45, 7) is 9.75. The molecule has 2 heterocycles. The van der Waals surface area contributed by atoms with E-state index in [4.69, 9.17) is 9.47 Å². The van der Waals surface area contributed by atoms with Gasteiger partial charge in [-0.05, 0) is 46.6 Å². The fourth-order valence-corrected chi connectivity index (χ4v) is 3.15. The summed E-state index contributed by atoms with van der Waals surface area (Å²) in [5.74, 6) is 0.154. The Morgan fingerprint density at radius 3 is 2.62 bits per heavy atom. The van der Waals surface area contributed by atoms with Gasteiger partial charge in [-0.2, -0.15) is 0 Å². The molecule has 0 aliphatic carbocycles. The van der Waals surface area contributed by atoms with Crippen molar-refractivity contribution >= 4 is 12.1 Å². The third-order valence-corrected chi connectivity index (χ3v) is 3.87. The molecule has 0 aromatic carbocycles. The first-order chi connectivity index (χ1) is 9.81. The lowest BCUT2D eigenvalue weighted by atomic mass is 9.80. The van der Waals surface area contributed by atoms with Gasteiger partial charge in [0.2, 0.25) is 0 Å². The molecule has 120 valence electrons. The normalized spacial score (nSPS) is 29.0. The fraction of sp³-hybridized carbons (Fsp3) is 0.867. The fourth-order valence-electron chi connectivity index (χ4n) is 3.15. The summed E-state index contributed by atoms with van der Waals surface area (Å²) in [7, 11) is 0. The zero-order chi connectivity index (χ0) is 15.6. The van der Waals surface area contributed by atoms with E-state index in [1.165, 1.54) is 0 Å². The monoisotopic (exact) mass is 298 g/mol. The molecule has 2 bridgehead atoms. The number of likely N-dealkylation sites (tertiary alicyclic amines) is 1. The lowest BCUT2D eigenvalue weighted by Gasteiger charge is -2.46. The second kappa shape index (κ2) is 6.22. The van der Waals surface area contributed by atoms with Crippen molar-refractivity contribution in [2.24, 2.45) is 11.8 Å². The maximum absolute atomic E-state index is 12.4. The van der Waals surface area contributed by atoms with E-state index < -0.39 is 17.7 Å². The second-order valence-corrected chi connectivity index (χ2v) is 6.85. The number of ether oxygens (including phenoxy) is 2. The molecule has 2 aliphatic rings. The first kappa shape index (κ1) is 16.1. The number of carbonyl (C=O) groups is 2. The highest BCUT2D eigenvalue weighted by molar-refractivity contribution is 5.82. The summed E-state index contributed by atoms with van der Waals surface area (Å²) in [6.07, 6.45) is 0.535. The van der Waals surface area contributed by atoms with Crippen LogP contribution in [0.25, 0.3) is 0 Å². The largest absolute Gasteiger partial charge is 0.464 e. The highest BCUT2D eigenvalue weighted by Crippen LogP contribution is 2.31. The van der Waals surface area contributed by atoms with E-state index in [0.717, 1.165) is 19.5 Å². The van der Waals surface area contributed by atoms with E-state index in [1.54, 1.807) is 11.8 Å². The summed E-state index contributed by atoms with van der Waals surface area (Å²) in [4.78, 5) is 26.3. The molecule has 2 rings (SSSR count). The van der Waals surface area contributed by atoms with E-state index in [1.807, 2.05) is 20.8 Å². The number of nitrogens with zero attached hydrogens (tertiary/aromatic N) is 1. The average Bonchev–Trinajstić information content (AvgIpc) is 2.36. The van der Waals surface area contributed by atoms with E-state index in [0.29, 0.717) is 19.1 Å². The van der Waals surface area contributed by atoms with Gasteiger partial charge in [0.25, 0.3) is 0 Å². The molecule has 3 unspecified atom stereocenters. The van der Waals surface area contributed by atoms with Crippen molar-refractivity contribution in [2.45, 2.75) is 45.8 Å². The highest BCUT2D eigenvalue weighted by Gasteiger charge is 2.46. The molecule has 2 saturated heterocycles. The van der Waals surface area contributed by atoms with Crippen LogP contribution in [0.15, 0.2) is 0 Å². The van der Waals surface area contributed by atoms with Crippen molar-refractivity contribution in [2.75, 3.05) is 26.2 Å². The first-order valence-corrected chi connectivity index (χ1v) is 7.68. The van der Waals surface area contributed by atoms with Crippen LogP contribution in [0, 0.1) is 11.8 Å². The van der Waals surface area contributed by atoms with Crippen molar-refractivity contribution in [3.63, 3.8) is 0 Å². The van der Waals surface area contributed by atoms with Crippen LogP contribution in [0.3, 0.4) is 0 Å². The third-order valence-electron chi connectivity index (χ3n) is 3.87. The van der Waals surface area contributed by atoms with Crippen LogP contribution in [0.4, 0.5) is 4.79 Å². The molecule has 2 fully saturated rings. The summed E-state index contributed by atoms with van der Waals surface area (Å²) in [5, 5.41) is 3.33. The molecule has 0 saturated carbocycles. The molecule has 21 heavy (non-hydrogen) atoms. The smallest absolute Gasteiger partial charge is 0.411 e. The lowest BCUT2D eigenvalue weighted by Crippen LogP contribution is -2.62. The molecule has 6 heteroatoms.